The maximum absolute atomic E-state index is 10.5. The predicted octanol–water partition coefficient (Wildman–Crippen LogP) is -0.107. The first-order chi connectivity index (χ1) is 4.72. The summed E-state index contributed by atoms with van der Waals surface area (Å²) in [6.45, 7) is 0. The van der Waals surface area contributed by atoms with Gasteiger partial charge in [0.25, 0.3) is 5.56 Å². The zero-order valence-electron chi connectivity index (χ0n) is 5.00. The fourth-order valence-electron chi connectivity index (χ4n) is 0.613. The summed E-state index contributed by atoms with van der Waals surface area (Å²) >= 11 is 0. The number of pyridine rings is 1. The van der Waals surface area contributed by atoms with Crippen molar-refractivity contribution in [3.05, 3.63) is 28.2 Å². The molecular weight excluding hydrogens is 134 g/mol. The summed E-state index contributed by atoms with van der Waals surface area (Å²) in [7, 11) is 0. The Hall–Kier alpha value is -1.58. The molecule has 0 spiro atoms. The van der Waals surface area contributed by atoms with E-state index in [-0.39, 0.29) is 11.4 Å². The molecule has 1 aromatic rings. The number of carbonyl (C=O) groups excluding carboxylic acids is 1. The van der Waals surface area contributed by atoms with Crippen molar-refractivity contribution in [1.29, 1.82) is 0 Å². The average Bonchev–Trinajstić information content (AvgIpc) is 1.85. The Balaban J connectivity index is 3.32. The molecule has 0 atom stereocenters. The summed E-state index contributed by atoms with van der Waals surface area (Å²) in [5.41, 5.74) is -0.410. The Morgan fingerprint density at radius 3 is 2.70 bits per heavy atom. The molecule has 1 rings (SSSR count). The second-order valence-electron chi connectivity index (χ2n) is 1.78. The van der Waals surface area contributed by atoms with Gasteiger partial charge in [-0.1, -0.05) is 0 Å². The van der Waals surface area contributed by atoms with E-state index in [1.807, 2.05) is 0 Å². The third-order valence-electron chi connectivity index (χ3n) is 0.977. The second kappa shape index (κ2) is 2.34. The number of rotatable bonds is 1. The van der Waals surface area contributed by atoms with Gasteiger partial charge in [0.15, 0.2) is 6.29 Å². The molecule has 1 heterocycles. The normalized spacial score (nSPS) is 9.20. The van der Waals surface area contributed by atoms with Crippen LogP contribution in [0.3, 0.4) is 0 Å². The lowest BCUT2D eigenvalue weighted by atomic mass is 10.3. The Morgan fingerprint density at radius 1 is 1.50 bits per heavy atom. The smallest absolute Gasteiger partial charge is 0.252 e. The molecule has 0 saturated carbocycles. The van der Waals surface area contributed by atoms with Crippen molar-refractivity contribution in [3.8, 4) is 5.75 Å². The zero-order valence-corrected chi connectivity index (χ0v) is 5.00. The summed E-state index contributed by atoms with van der Waals surface area (Å²) < 4.78 is 0. The fraction of sp³-hybridized carbons (Fsp3) is 0. The van der Waals surface area contributed by atoms with Gasteiger partial charge in [0.2, 0.25) is 0 Å². The van der Waals surface area contributed by atoms with Crippen molar-refractivity contribution in [2.45, 2.75) is 0 Å². The van der Waals surface area contributed by atoms with Crippen LogP contribution in [0.5, 0.6) is 5.75 Å². The number of aromatic nitrogens is 1. The van der Waals surface area contributed by atoms with Crippen molar-refractivity contribution < 1.29 is 9.90 Å². The van der Waals surface area contributed by atoms with Gasteiger partial charge in [-0.05, 0) is 0 Å². The van der Waals surface area contributed by atoms with Crippen LogP contribution in [0.25, 0.3) is 0 Å². The van der Waals surface area contributed by atoms with E-state index in [1.165, 1.54) is 6.07 Å². The minimum absolute atomic E-state index is 0.0741. The van der Waals surface area contributed by atoms with E-state index in [4.69, 9.17) is 5.11 Å². The van der Waals surface area contributed by atoms with Crippen molar-refractivity contribution in [2.75, 3.05) is 0 Å². The number of carbonyl (C=O) groups is 1. The van der Waals surface area contributed by atoms with E-state index in [1.54, 1.807) is 0 Å². The molecule has 0 aliphatic rings. The van der Waals surface area contributed by atoms with Crippen molar-refractivity contribution in [1.82, 2.24) is 4.98 Å². The standard InChI is InChI=1S/C6H5NO3/c8-3-4-1-5(9)2-6(10)7-4/h1-3H,(H2,7,9,10). The number of aromatic amines is 1. The van der Waals surface area contributed by atoms with Gasteiger partial charge in [0, 0.05) is 12.1 Å². The van der Waals surface area contributed by atoms with Crippen LogP contribution in [0.2, 0.25) is 0 Å². The number of hydrogen-bond donors (Lipinski definition) is 2. The molecule has 4 heteroatoms. The molecule has 0 unspecified atom stereocenters. The van der Waals surface area contributed by atoms with Gasteiger partial charge < -0.3 is 10.1 Å². The van der Waals surface area contributed by atoms with Crippen LogP contribution in [0.1, 0.15) is 10.5 Å². The van der Waals surface area contributed by atoms with E-state index >= 15 is 0 Å². The Kier molecular flexibility index (Phi) is 1.53. The zero-order chi connectivity index (χ0) is 7.56. The van der Waals surface area contributed by atoms with Crippen molar-refractivity contribution in [2.24, 2.45) is 0 Å². The van der Waals surface area contributed by atoms with Crippen LogP contribution in [0, 0.1) is 0 Å². The first-order valence-electron chi connectivity index (χ1n) is 2.61. The maximum atomic E-state index is 10.5. The summed E-state index contributed by atoms with van der Waals surface area (Å²) in [6, 6.07) is 2.17. The molecule has 0 saturated heterocycles. The number of H-pyrrole nitrogens is 1. The molecule has 52 valence electrons. The van der Waals surface area contributed by atoms with Gasteiger partial charge in [0.05, 0.1) is 5.69 Å². The highest BCUT2D eigenvalue weighted by Gasteiger charge is 1.93. The van der Waals surface area contributed by atoms with E-state index in [0.717, 1.165) is 6.07 Å². The molecule has 0 bridgehead atoms. The first kappa shape index (κ1) is 6.54. The van der Waals surface area contributed by atoms with E-state index in [0.29, 0.717) is 6.29 Å². The van der Waals surface area contributed by atoms with E-state index < -0.39 is 5.56 Å². The van der Waals surface area contributed by atoms with Crippen LogP contribution in [-0.2, 0) is 0 Å². The minimum Gasteiger partial charge on any atom is -0.508 e. The molecule has 1 aromatic heterocycles. The average molecular weight is 139 g/mol. The monoisotopic (exact) mass is 139 g/mol. The fourth-order valence-corrected chi connectivity index (χ4v) is 0.613. The number of aldehydes is 1. The maximum Gasteiger partial charge on any atom is 0.252 e. The molecule has 4 nitrogen and oxygen atoms in total. The molecular formula is C6H5NO3. The van der Waals surface area contributed by atoms with Gasteiger partial charge >= 0.3 is 0 Å². The Morgan fingerprint density at radius 2 is 2.20 bits per heavy atom. The summed E-state index contributed by atoms with van der Waals surface area (Å²) in [6.07, 6.45) is 0.459. The highest BCUT2D eigenvalue weighted by Crippen LogP contribution is 2.02. The van der Waals surface area contributed by atoms with E-state index in [9.17, 15) is 9.59 Å². The lowest BCUT2D eigenvalue weighted by Crippen LogP contribution is -2.05. The Labute approximate surface area is 56.1 Å². The molecule has 0 aliphatic carbocycles. The molecule has 0 aromatic carbocycles. The largest absolute Gasteiger partial charge is 0.508 e. The quantitative estimate of drug-likeness (QED) is 0.533. The molecule has 2 N–H and O–H groups in total. The lowest BCUT2D eigenvalue weighted by Gasteiger charge is -1.90. The third-order valence-corrected chi connectivity index (χ3v) is 0.977. The van der Waals surface area contributed by atoms with Crippen molar-refractivity contribution >= 4 is 6.29 Å². The van der Waals surface area contributed by atoms with Gasteiger partial charge in [-0.2, -0.15) is 0 Å². The van der Waals surface area contributed by atoms with Gasteiger partial charge in [0.1, 0.15) is 5.75 Å². The molecule has 0 aliphatic heterocycles. The highest BCUT2D eigenvalue weighted by molar-refractivity contribution is 5.72. The third kappa shape index (κ3) is 1.22. The highest BCUT2D eigenvalue weighted by atomic mass is 16.3. The summed E-state index contributed by atoms with van der Waals surface area (Å²) in [5.74, 6) is -0.203. The number of aromatic hydroxyl groups is 1. The van der Waals surface area contributed by atoms with Crippen molar-refractivity contribution in [3.63, 3.8) is 0 Å². The van der Waals surface area contributed by atoms with Crippen LogP contribution in [-0.4, -0.2) is 16.4 Å². The summed E-state index contributed by atoms with van der Waals surface area (Å²) in [4.78, 5) is 22.7. The molecule has 0 radical (unpaired) electrons. The van der Waals surface area contributed by atoms with Gasteiger partial charge in [-0.25, -0.2) is 0 Å². The lowest BCUT2D eigenvalue weighted by molar-refractivity contribution is 0.111. The number of hydrogen-bond acceptors (Lipinski definition) is 3. The van der Waals surface area contributed by atoms with Crippen LogP contribution in [0.4, 0.5) is 0 Å². The minimum atomic E-state index is -0.484. The molecule has 0 fully saturated rings. The first-order valence-corrected chi connectivity index (χ1v) is 2.61. The summed E-state index contributed by atoms with van der Waals surface area (Å²) in [5, 5.41) is 8.75. The van der Waals surface area contributed by atoms with Crippen LogP contribution in [0.15, 0.2) is 16.9 Å². The molecule has 10 heavy (non-hydrogen) atoms. The second-order valence-corrected chi connectivity index (χ2v) is 1.78. The van der Waals surface area contributed by atoms with Gasteiger partial charge in [-0.3, -0.25) is 9.59 Å². The van der Waals surface area contributed by atoms with Gasteiger partial charge in [-0.15, -0.1) is 0 Å². The van der Waals surface area contributed by atoms with E-state index in [2.05, 4.69) is 4.98 Å². The Bertz CT molecular complexity index is 302. The van der Waals surface area contributed by atoms with Crippen LogP contribution >= 0.6 is 0 Å². The predicted molar refractivity (Wildman–Crippen MR) is 34.1 cm³/mol. The molecule has 0 amide bonds. The topological polar surface area (TPSA) is 70.2 Å². The SMILES string of the molecule is O=Cc1cc(O)cc(=O)[nH]1. The van der Waals surface area contributed by atoms with Crippen LogP contribution < -0.4 is 5.56 Å². The number of nitrogens with one attached hydrogen (secondary N) is 1.